The molecule has 136 valence electrons. The number of hydrogen-bond acceptors (Lipinski definition) is 7. The van der Waals surface area contributed by atoms with Crippen molar-refractivity contribution in [1.82, 2.24) is 25.0 Å². The highest BCUT2D eigenvalue weighted by Crippen LogP contribution is 2.33. The van der Waals surface area contributed by atoms with Crippen molar-refractivity contribution in [1.29, 1.82) is 0 Å². The van der Waals surface area contributed by atoms with E-state index in [1.807, 2.05) is 0 Å². The Balaban J connectivity index is 1.80. The molecule has 3 aromatic rings. The van der Waals surface area contributed by atoms with E-state index in [1.54, 1.807) is 6.92 Å². The van der Waals surface area contributed by atoms with E-state index in [-0.39, 0.29) is 17.1 Å². The molecule has 0 aliphatic heterocycles. The molecule has 1 amide bonds. The number of thioether (sulfide) groups is 1. The van der Waals surface area contributed by atoms with E-state index in [2.05, 4.69) is 25.6 Å². The average Bonchev–Trinajstić information content (AvgIpc) is 3.24. The number of hydrogen-bond donors (Lipinski definition) is 1. The number of nitrogens with one attached hydrogen (secondary N) is 1. The van der Waals surface area contributed by atoms with Crippen LogP contribution in [0.15, 0.2) is 35.2 Å². The Morgan fingerprint density at radius 3 is 2.77 bits per heavy atom. The van der Waals surface area contributed by atoms with Gasteiger partial charge >= 0.3 is 6.18 Å². The first-order chi connectivity index (χ1) is 12.3. The first-order valence-corrected chi connectivity index (χ1v) is 8.92. The van der Waals surface area contributed by atoms with Crippen molar-refractivity contribution in [2.45, 2.75) is 17.4 Å². The number of amides is 1. The smallest absolute Gasteiger partial charge is 0.323 e. The molecule has 0 unspecified atom stereocenters. The normalized spacial score (nSPS) is 11.5. The number of alkyl halides is 3. The highest BCUT2D eigenvalue weighted by molar-refractivity contribution is 8.01. The molecule has 0 radical (unpaired) electrons. The van der Waals surface area contributed by atoms with Crippen molar-refractivity contribution < 1.29 is 18.0 Å². The van der Waals surface area contributed by atoms with Crippen LogP contribution < -0.4 is 5.32 Å². The van der Waals surface area contributed by atoms with Crippen LogP contribution >= 0.6 is 23.1 Å². The van der Waals surface area contributed by atoms with Crippen molar-refractivity contribution in [3.63, 3.8) is 0 Å². The van der Waals surface area contributed by atoms with Gasteiger partial charge in [0.2, 0.25) is 5.91 Å². The molecule has 2 heterocycles. The SMILES string of the molecule is Cc1nnc(SCC(=O)Nc2cc(C(F)(F)F)ccc2-n2cncn2)s1. The Kier molecular flexibility index (Phi) is 5.23. The van der Waals surface area contributed by atoms with E-state index in [0.717, 1.165) is 28.9 Å². The number of aryl methyl sites for hydroxylation is 1. The molecular weight excluding hydrogens is 389 g/mol. The van der Waals surface area contributed by atoms with Gasteiger partial charge in [0.25, 0.3) is 0 Å². The molecule has 0 saturated heterocycles. The van der Waals surface area contributed by atoms with E-state index < -0.39 is 17.6 Å². The predicted molar refractivity (Wildman–Crippen MR) is 90.4 cm³/mol. The number of aromatic nitrogens is 5. The van der Waals surface area contributed by atoms with Gasteiger partial charge in [0.1, 0.15) is 17.7 Å². The third kappa shape index (κ3) is 4.38. The van der Waals surface area contributed by atoms with Crippen LogP contribution in [0.3, 0.4) is 0 Å². The molecule has 3 rings (SSSR count). The summed E-state index contributed by atoms with van der Waals surface area (Å²) in [4.78, 5) is 15.9. The lowest BCUT2D eigenvalue weighted by atomic mass is 10.1. The molecule has 0 saturated carbocycles. The van der Waals surface area contributed by atoms with E-state index >= 15 is 0 Å². The highest BCUT2D eigenvalue weighted by atomic mass is 32.2. The van der Waals surface area contributed by atoms with Gasteiger partial charge in [-0.2, -0.15) is 18.3 Å². The Hall–Kier alpha value is -2.47. The lowest BCUT2D eigenvalue weighted by Crippen LogP contribution is -2.17. The number of halogens is 3. The van der Waals surface area contributed by atoms with E-state index in [9.17, 15) is 18.0 Å². The number of rotatable bonds is 5. The van der Waals surface area contributed by atoms with Crippen LogP contribution in [0.25, 0.3) is 5.69 Å². The molecule has 7 nitrogen and oxygen atoms in total. The molecule has 0 fully saturated rings. The van der Waals surface area contributed by atoms with Gasteiger partial charge in [-0.15, -0.1) is 10.2 Å². The lowest BCUT2D eigenvalue weighted by Gasteiger charge is -2.14. The third-order valence-corrected chi connectivity index (χ3v) is 5.07. The number of carbonyl (C=O) groups is 1. The Labute approximate surface area is 153 Å². The minimum Gasteiger partial charge on any atom is -0.323 e. The van der Waals surface area contributed by atoms with Gasteiger partial charge in [-0.25, -0.2) is 9.67 Å². The van der Waals surface area contributed by atoms with Gasteiger partial charge in [-0.05, 0) is 25.1 Å². The minimum atomic E-state index is -4.53. The summed E-state index contributed by atoms with van der Waals surface area (Å²) in [7, 11) is 0. The fraction of sp³-hybridized carbons (Fsp3) is 0.214. The number of anilines is 1. The molecule has 0 bridgehead atoms. The molecule has 12 heteroatoms. The second-order valence-corrected chi connectivity index (χ2v) is 7.40. The van der Waals surface area contributed by atoms with Crippen molar-refractivity contribution in [3.05, 3.63) is 41.4 Å². The van der Waals surface area contributed by atoms with Crippen LogP contribution in [0.5, 0.6) is 0 Å². The van der Waals surface area contributed by atoms with Gasteiger partial charge in [-0.3, -0.25) is 4.79 Å². The molecule has 0 spiro atoms. The molecule has 1 aromatic carbocycles. The lowest BCUT2D eigenvalue weighted by molar-refractivity contribution is -0.137. The molecule has 0 aliphatic rings. The van der Waals surface area contributed by atoms with Crippen molar-refractivity contribution >= 4 is 34.7 Å². The maximum atomic E-state index is 13.0. The molecule has 1 N–H and O–H groups in total. The number of nitrogens with zero attached hydrogens (tertiary/aromatic N) is 5. The minimum absolute atomic E-state index is 0.00984. The summed E-state index contributed by atoms with van der Waals surface area (Å²) in [5, 5.41) is 14.9. The number of carbonyl (C=O) groups excluding carboxylic acids is 1. The van der Waals surface area contributed by atoms with Gasteiger partial charge < -0.3 is 5.32 Å². The quantitative estimate of drug-likeness (QED) is 0.662. The Morgan fingerprint density at radius 2 is 2.15 bits per heavy atom. The first-order valence-electron chi connectivity index (χ1n) is 7.12. The van der Waals surface area contributed by atoms with Crippen LogP contribution in [0, 0.1) is 6.92 Å². The van der Waals surface area contributed by atoms with Crippen molar-refractivity contribution in [2.75, 3.05) is 11.1 Å². The van der Waals surface area contributed by atoms with E-state index in [1.165, 1.54) is 34.7 Å². The summed E-state index contributed by atoms with van der Waals surface area (Å²) in [6.45, 7) is 1.79. The van der Waals surface area contributed by atoms with E-state index in [4.69, 9.17) is 0 Å². The van der Waals surface area contributed by atoms with Crippen LogP contribution in [0.2, 0.25) is 0 Å². The van der Waals surface area contributed by atoms with Crippen LogP contribution in [-0.2, 0) is 11.0 Å². The Morgan fingerprint density at radius 1 is 1.35 bits per heavy atom. The zero-order valence-corrected chi connectivity index (χ0v) is 14.8. The zero-order chi connectivity index (χ0) is 18.7. The van der Waals surface area contributed by atoms with Gasteiger partial charge in [0, 0.05) is 0 Å². The van der Waals surface area contributed by atoms with E-state index in [0.29, 0.717) is 4.34 Å². The summed E-state index contributed by atoms with van der Waals surface area (Å²) in [6.07, 6.45) is -1.95. The average molecular weight is 400 g/mol. The summed E-state index contributed by atoms with van der Waals surface area (Å²) < 4.78 is 40.8. The van der Waals surface area contributed by atoms with Gasteiger partial charge in [0.15, 0.2) is 4.34 Å². The van der Waals surface area contributed by atoms with Crippen LogP contribution in [0.4, 0.5) is 18.9 Å². The summed E-state index contributed by atoms with van der Waals surface area (Å²) in [6, 6.07) is 3.02. The van der Waals surface area contributed by atoms with Gasteiger partial charge in [-0.1, -0.05) is 23.1 Å². The molecular formula is C14H11F3N6OS2. The van der Waals surface area contributed by atoms with Gasteiger partial charge in [0.05, 0.1) is 22.7 Å². The van der Waals surface area contributed by atoms with Crippen LogP contribution in [0.1, 0.15) is 10.6 Å². The monoisotopic (exact) mass is 400 g/mol. The van der Waals surface area contributed by atoms with Crippen molar-refractivity contribution in [2.24, 2.45) is 0 Å². The highest BCUT2D eigenvalue weighted by Gasteiger charge is 2.31. The molecule has 0 atom stereocenters. The van der Waals surface area contributed by atoms with Crippen molar-refractivity contribution in [3.8, 4) is 5.69 Å². The predicted octanol–water partition coefficient (Wildman–Crippen LogP) is 3.18. The standard InChI is InChI=1S/C14H11F3N6OS2/c1-8-21-22-13(26-8)25-5-12(24)20-10-4-9(14(15,16)17)2-3-11(10)23-7-18-6-19-23/h2-4,6-7H,5H2,1H3,(H,20,24). The second kappa shape index (κ2) is 7.41. The fourth-order valence-corrected chi connectivity index (χ4v) is 3.61. The molecule has 26 heavy (non-hydrogen) atoms. The maximum Gasteiger partial charge on any atom is 0.416 e. The zero-order valence-electron chi connectivity index (χ0n) is 13.2. The largest absolute Gasteiger partial charge is 0.416 e. The topological polar surface area (TPSA) is 85.6 Å². The van der Waals surface area contributed by atoms with Crippen LogP contribution in [-0.4, -0.2) is 36.6 Å². The molecule has 2 aromatic heterocycles. The summed E-state index contributed by atoms with van der Waals surface area (Å²) in [5.41, 5.74) is -0.603. The first kappa shape index (κ1) is 18.3. The maximum absolute atomic E-state index is 13.0. The number of benzene rings is 1. The Bertz CT molecular complexity index is 910. The second-order valence-electron chi connectivity index (χ2n) is 4.99. The summed E-state index contributed by atoms with van der Waals surface area (Å²) in [5.74, 6) is -0.481. The summed E-state index contributed by atoms with van der Waals surface area (Å²) >= 11 is 2.49. The fourth-order valence-electron chi connectivity index (χ4n) is 2.00. The molecule has 0 aliphatic carbocycles. The third-order valence-electron chi connectivity index (χ3n) is 3.10.